The number of halogens is 1. The second-order valence-electron chi connectivity index (χ2n) is 3.68. The third-order valence-corrected chi connectivity index (χ3v) is 2.99. The van der Waals surface area contributed by atoms with E-state index >= 15 is 0 Å². The molecule has 0 fully saturated rings. The van der Waals surface area contributed by atoms with E-state index < -0.39 is 0 Å². The highest BCUT2D eigenvalue weighted by molar-refractivity contribution is 6.17. The van der Waals surface area contributed by atoms with Gasteiger partial charge in [0, 0.05) is 19.0 Å². The van der Waals surface area contributed by atoms with Gasteiger partial charge in [-0.05, 0) is 30.2 Å². The van der Waals surface area contributed by atoms with Crippen LogP contribution in [0.5, 0.6) is 0 Å². The standard InChI is InChI=1S/C11H14ClN/c1-13-6-5-11-9(7-12)3-2-4-10(11)8-13/h2-4H,5-8H2,1H3. The van der Waals surface area contributed by atoms with Gasteiger partial charge >= 0.3 is 0 Å². The van der Waals surface area contributed by atoms with Crippen molar-refractivity contribution in [2.75, 3.05) is 13.6 Å². The number of benzene rings is 1. The summed E-state index contributed by atoms with van der Waals surface area (Å²) in [5.74, 6) is 0.646. The smallest absolute Gasteiger partial charge is 0.0476 e. The van der Waals surface area contributed by atoms with Crippen LogP contribution in [0.1, 0.15) is 16.7 Å². The highest BCUT2D eigenvalue weighted by atomic mass is 35.5. The van der Waals surface area contributed by atoms with Gasteiger partial charge in [-0.3, -0.25) is 0 Å². The van der Waals surface area contributed by atoms with Crippen molar-refractivity contribution in [3.05, 3.63) is 34.9 Å². The Morgan fingerprint density at radius 2 is 2.31 bits per heavy atom. The quantitative estimate of drug-likeness (QED) is 0.623. The average Bonchev–Trinajstić information content (AvgIpc) is 2.16. The predicted octanol–water partition coefficient (Wildman–Crippen LogP) is 2.41. The fourth-order valence-corrected chi connectivity index (χ4v) is 2.21. The molecule has 0 saturated carbocycles. The van der Waals surface area contributed by atoms with E-state index in [1.165, 1.54) is 16.7 Å². The molecule has 0 radical (unpaired) electrons. The van der Waals surface area contributed by atoms with Gasteiger partial charge in [0.2, 0.25) is 0 Å². The molecule has 1 aromatic carbocycles. The molecular weight excluding hydrogens is 182 g/mol. The third kappa shape index (κ3) is 1.72. The Morgan fingerprint density at radius 1 is 1.46 bits per heavy atom. The molecule has 1 heterocycles. The minimum absolute atomic E-state index is 0.646. The van der Waals surface area contributed by atoms with Crippen LogP contribution < -0.4 is 0 Å². The van der Waals surface area contributed by atoms with Gasteiger partial charge in [0.05, 0.1) is 0 Å². The van der Waals surface area contributed by atoms with Crippen LogP contribution in [0.15, 0.2) is 18.2 Å². The molecule has 0 unspecified atom stereocenters. The zero-order chi connectivity index (χ0) is 9.26. The summed E-state index contributed by atoms with van der Waals surface area (Å²) in [5, 5.41) is 0. The normalized spacial score (nSPS) is 17.1. The number of alkyl halides is 1. The Labute approximate surface area is 84.3 Å². The Morgan fingerprint density at radius 3 is 3.08 bits per heavy atom. The minimum atomic E-state index is 0.646. The highest BCUT2D eigenvalue weighted by Gasteiger charge is 2.14. The SMILES string of the molecule is CN1CCc2c(CCl)cccc2C1. The van der Waals surface area contributed by atoms with Gasteiger partial charge in [-0.25, -0.2) is 0 Å². The van der Waals surface area contributed by atoms with Crippen LogP contribution in [0.3, 0.4) is 0 Å². The molecule has 1 aromatic rings. The maximum absolute atomic E-state index is 5.89. The summed E-state index contributed by atoms with van der Waals surface area (Å²) in [6, 6.07) is 6.45. The van der Waals surface area contributed by atoms with E-state index in [1.54, 1.807) is 0 Å². The maximum atomic E-state index is 5.89. The van der Waals surface area contributed by atoms with Crippen LogP contribution in [0, 0.1) is 0 Å². The van der Waals surface area contributed by atoms with Gasteiger partial charge < -0.3 is 4.90 Å². The molecule has 1 aliphatic heterocycles. The average molecular weight is 196 g/mol. The maximum Gasteiger partial charge on any atom is 0.0476 e. The summed E-state index contributed by atoms with van der Waals surface area (Å²) in [7, 11) is 2.16. The summed E-state index contributed by atoms with van der Waals surface area (Å²) >= 11 is 5.89. The fraction of sp³-hybridized carbons (Fsp3) is 0.455. The zero-order valence-electron chi connectivity index (χ0n) is 7.89. The summed E-state index contributed by atoms with van der Waals surface area (Å²) in [5.41, 5.74) is 4.25. The van der Waals surface area contributed by atoms with Crippen molar-refractivity contribution < 1.29 is 0 Å². The predicted molar refractivity (Wildman–Crippen MR) is 56.0 cm³/mol. The van der Waals surface area contributed by atoms with Crippen LogP contribution in [-0.2, 0) is 18.8 Å². The molecule has 0 saturated heterocycles. The van der Waals surface area contributed by atoms with Crippen molar-refractivity contribution in [2.24, 2.45) is 0 Å². The van der Waals surface area contributed by atoms with Gasteiger partial charge in [0.1, 0.15) is 0 Å². The van der Waals surface area contributed by atoms with E-state index in [2.05, 4.69) is 30.1 Å². The van der Waals surface area contributed by atoms with Crippen molar-refractivity contribution in [2.45, 2.75) is 18.8 Å². The van der Waals surface area contributed by atoms with Gasteiger partial charge in [-0.15, -0.1) is 11.6 Å². The second-order valence-corrected chi connectivity index (χ2v) is 3.94. The van der Waals surface area contributed by atoms with E-state index in [-0.39, 0.29) is 0 Å². The topological polar surface area (TPSA) is 3.24 Å². The highest BCUT2D eigenvalue weighted by Crippen LogP contribution is 2.22. The van der Waals surface area contributed by atoms with Crippen LogP contribution in [0.25, 0.3) is 0 Å². The lowest BCUT2D eigenvalue weighted by molar-refractivity contribution is 0.312. The van der Waals surface area contributed by atoms with Crippen LogP contribution >= 0.6 is 11.6 Å². The van der Waals surface area contributed by atoms with Crippen molar-refractivity contribution in [1.29, 1.82) is 0 Å². The molecule has 0 spiro atoms. The van der Waals surface area contributed by atoms with Crippen LogP contribution in [0.4, 0.5) is 0 Å². The lowest BCUT2D eigenvalue weighted by Crippen LogP contribution is -2.27. The van der Waals surface area contributed by atoms with Crippen LogP contribution in [0.2, 0.25) is 0 Å². The minimum Gasteiger partial charge on any atom is -0.302 e. The van der Waals surface area contributed by atoms with Crippen molar-refractivity contribution >= 4 is 11.6 Å². The largest absolute Gasteiger partial charge is 0.302 e. The summed E-state index contributed by atoms with van der Waals surface area (Å²) in [6.07, 6.45) is 1.15. The lowest BCUT2D eigenvalue weighted by atomic mass is 9.96. The van der Waals surface area contributed by atoms with E-state index in [9.17, 15) is 0 Å². The Balaban J connectivity index is 2.39. The monoisotopic (exact) mass is 195 g/mol. The molecule has 13 heavy (non-hydrogen) atoms. The summed E-state index contributed by atoms with van der Waals surface area (Å²) in [4.78, 5) is 2.35. The van der Waals surface area contributed by atoms with E-state index in [0.717, 1.165) is 19.5 Å². The molecule has 1 nitrogen and oxygen atoms in total. The first-order valence-corrected chi connectivity index (χ1v) is 5.19. The van der Waals surface area contributed by atoms with Gasteiger partial charge in [-0.1, -0.05) is 18.2 Å². The molecule has 0 atom stereocenters. The van der Waals surface area contributed by atoms with E-state index in [4.69, 9.17) is 11.6 Å². The number of likely N-dealkylation sites (N-methyl/N-ethyl adjacent to an activating group) is 1. The molecule has 0 amide bonds. The Hall–Kier alpha value is -0.530. The molecule has 0 aromatic heterocycles. The van der Waals surface area contributed by atoms with Crippen molar-refractivity contribution in [3.63, 3.8) is 0 Å². The third-order valence-electron chi connectivity index (χ3n) is 2.70. The molecule has 70 valence electrons. The van der Waals surface area contributed by atoms with Gasteiger partial charge in [0.15, 0.2) is 0 Å². The second kappa shape index (κ2) is 3.69. The number of hydrogen-bond acceptors (Lipinski definition) is 1. The molecule has 2 rings (SSSR count). The van der Waals surface area contributed by atoms with Crippen molar-refractivity contribution in [3.8, 4) is 0 Å². The first-order valence-electron chi connectivity index (χ1n) is 4.65. The molecule has 2 heteroatoms. The first kappa shape index (κ1) is 9.04. The molecule has 0 N–H and O–H groups in total. The Bertz CT molecular complexity index is 309. The first-order chi connectivity index (χ1) is 6.31. The summed E-state index contributed by atoms with van der Waals surface area (Å²) in [6.45, 7) is 2.22. The lowest BCUT2D eigenvalue weighted by Gasteiger charge is -2.26. The molecule has 0 aliphatic carbocycles. The fourth-order valence-electron chi connectivity index (χ4n) is 1.95. The summed E-state index contributed by atoms with van der Waals surface area (Å²) < 4.78 is 0. The number of hydrogen-bond donors (Lipinski definition) is 0. The zero-order valence-corrected chi connectivity index (χ0v) is 8.64. The molecular formula is C11H14ClN. The van der Waals surface area contributed by atoms with Crippen molar-refractivity contribution in [1.82, 2.24) is 4.90 Å². The molecule has 0 bridgehead atoms. The number of fused-ring (bicyclic) bond motifs is 1. The number of nitrogens with zero attached hydrogens (tertiary/aromatic N) is 1. The van der Waals surface area contributed by atoms with E-state index in [1.807, 2.05) is 0 Å². The number of rotatable bonds is 1. The Kier molecular flexibility index (Phi) is 2.56. The van der Waals surface area contributed by atoms with Gasteiger partial charge in [0.25, 0.3) is 0 Å². The molecule has 1 aliphatic rings. The van der Waals surface area contributed by atoms with Gasteiger partial charge in [-0.2, -0.15) is 0 Å². The van der Waals surface area contributed by atoms with E-state index in [0.29, 0.717) is 5.88 Å². The van der Waals surface area contributed by atoms with Crippen LogP contribution in [-0.4, -0.2) is 18.5 Å².